The molecule has 0 amide bonds. The van der Waals surface area contributed by atoms with E-state index in [-0.39, 0.29) is 12.0 Å². The zero-order valence-corrected chi connectivity index (χ0v) is 8.93. The molecule has 0 spiro atoms. The van der Waals surface area contributed by atoms with Gasteiger partial charge in [0, 0.05) is 6.42 Å². The van der Waals surface area contributed by atoms with Gasteiger partial charge in [-0.1, -0.05) is 20.3 Å². The predicted molar refractivity (Wildman–Crippen MR) is 52.4 cm³/mol. The van der Waals surface area contributed by atoms with E-state index in [0.717, 1.165) is 12.8 Å². The van der Waals surface area contributed by atoms with E-state index in [0.29, 0.717) is 6.61 Å². The molecule has 0 aliphatic carbocycles. The predicted octanol–water partition coefficient (Wildman–Crippen LogP) is 1.88. The van der Waals surface area contributed by atoms with E-state index < -0.39 is 0 Å². The van der Waals surface area contributed by atoms with E-state index in [2.05, 4.69) is 19.2 Å². The van der Waals surface area contributed by atoms with Crippen LogP contribution in [-0.2, 0) is 9.47 Å². The monoisotopic (exact) mass is 187 g/mol. The van der Waals surface area contributed by atoms with Crippen LogP contribution in [0.3, 0.4) is 0 Å². The van der Waals surface area contributed by atoms with Crippen LogP contribution in [0.5, 0.6) is 0 Å². The lowest BCUT2D eigenvalue weighted by atomic mass is 10.1. The van der Waals surface area contributed by atoms with Crippen LogP contribution in [0.1, 0.15) is 39.5 Å². The summed E-state index contributed by atoms with van der Waals surface area (Å²) in [7, 11) is 1.90. The Labute approximate surface area is 80.8 Å². The Morgan fingerprint density at radius 1 is 1.46 bits per heavy atom. The normalized spacial score (nSPS) is 33.9. The minimum Gasteiger partial charge on any atom is -0.346 e. The Hall–Kier alpha value is -0.120. The zero-order valence-electron chi connectivity index (χ0n) is 8.93. The molecule has 1 aliphatic rings. The highest BCUT2D eigenvalue weighted by atomic mass is 16.8. The number of ether oxygens (including phenoxy) is 2. The number of unbranched alkanes of at least 4 members (excludes halogenated alkanes) is 1. The van der Waals surface area contributed by atoms with Crippen molar-refractivity contribution in [2.24, 2.45) is 0 Å². The lowest BCUT2D eigenvalue weighted by Gasteiger charge is -2.26. The van der Waals surface area contributed by atoms with Gasteiger partial charge in [-0.3, -0.25) is 5.32 Å². The number of likely N-dealkylation sites (N-methyl/N-ethyl adjacent to an activating group) is 1. The first kappa shape index (κ1) is 11.0. The van der Waals surface area contributed by atoms with Gasteiger partial charge in [0.25, 0.3) is 0 Å². The fourth-order valence-corrected chi connectivity index (χ4v) is 1.64. The van der Waals surface area contributed by atoms with Crippen LogP contribution in [0.15, 0.2) is 0 Å². The van der Waals surface area contributed by atoms with Crippen molar-refractivity contribution in [2.45, 2.75) is 51.5 Å². The molecule has 3 heteroatoms. The van der Waals surface area contributed by atoms with Crippen LogP contribution in [0.25, 0.3) is 0 Å². The van der Waals surface area contributed by atoms with Crippen LogP contribution < -0.4 is 5.32 Å². The molecule has 0 radical (unpaired) electrons. The summed E-state index contributed by atoms with van der Waals surface area (Å²) < 4.78 is 11.5. The SMILES string of the molecule is CCCCC1(CC)OCC(NC)O1. The van der Waals surface area contributed by atoms with Crippen molar-refractivity contribution in [1.82, 2.24) is 5.32 Å². The molecule has 78 valence electrons. The first-order valence-electron chi connectivity index (χ1n) is 5.25. The number of hydrogen-bond donors (Lipinski definition) is 1. The van der Waals surface area contributed by atoms with Gasteiger partial charge in [0.1, 0.15) is 6.23 Å². The van der Waals surface area contributed by atoms with E-state index in [9.17, 15) is 0 Å². The van der Waals surface area contributed by atoms with E-state index in [1.807, 2.05) is 7.05 Å². The van der Waals surface area contributed by atoms with Crippen LogP contribution in [0.4, 0.5) is 0 Å². The van der Waals surface area contributed by atoms with Gasteiger partial charge in [-0.25, -0.2) is 0 Å². The van der Waals surface area contributed by atoms with Gasteiger partial charge in [-0.2, -0.15) is 0 Å². The molecule has 1 fully saturated rings. The summed E-state index contributed by atoms with van der Waals surface area (Å²) in [5.74, 6) is -0.302. The largest absolute Gasteiger partial charge is 0.346 e. The summed E-state index contributed by atoms with van der Waals surface area (Å²) in [5.41, 5.74) is 0. The van der Waals surface area contributed by atoms with Crippen LogP contribution in [0.2, 0.25) is 0 Å². The third-order valence-electron chi connectivity index (χ3n) is 2.63. The van der Waals surface area contributed by atoms with Gasteiger partial charge in [-0.05, 0) is 19.9 Å². The second-order valence-electron chi connectivity index (χ2n) is 3.57. The molecule has 13 heavy (non-hydrogen) atoms. The summed E-state index contributed by atoms with van der Waals surface area (Å²) in [6.45, 7) is 4.98. The lowest BCUT2D eigenvalue weighted by Crippen LogP contribution is -2.33. The molecule has 0 aromatic heterocycles. The summed E-state index contributed by atoms with van der Waals surface area (Å²) in [6.07, 6.45) is 4.39. The molecule has 0 aromatic rings. The minimum atomic E-state index is -0.302. The van der Waals surface area contributed by atoms with E-state index in [4.69, 9.17) is 9.47 Å². The van der Waals surface area contributed by atoms with Crippen molar-refractivity contribution in [3.05, 3.63) is 0 Å². The van der Waals surface area contributed by atoms with E-state index >= 15 is 0 Å². The van der Waals surface area contributed by atoms with Gasteiger partial charge in [-0.15, -0.1) is 0 Å². The first-order chi connectivity index (χ1) is 6.26. The Bertz CT molecular complexity index is 152. The van der Waals surface area contributed by atoms with Gasteiger partial charge >= 0.3 is 0 Å². The Kier molecular flexibility index (Phi) is 4.16. The van der Waals surface area contributed by atoms with Gasteiger partial charge in [0.15, 0.2) is 5.79 Å². The Morgan fingerprint density at radius 3 is 2.69 bits per heavy atom. The molecule has 1 N–H and O–H groups in total. The second kappa shape index (κ2) is 4.94. The zero-order chi connectivity index (χ0) is 9.73. The molecule has 0 aromatic carbocycles. The van der Waals surface area contributed by atoms with Gasteiger partial charge in [0.05, 0.1) is 6.61 Å². The van der Waals surface area contributed by atoms with Crippen molar-refractivity contribution >= 4 is 0 Å². The average Bonchev–Trinajstić information content (AvgIpc) is 2.59. The fourth-order valence-electron chi connectivity index (χ4n) is 1.64. The molecule has 1 rings (SSSR count). The molecule has 0 saturated carbocycles. The third-order valence-corrected chi connectivity index (χ3v) is 2.63. The second-order valence-corrected chi connectivity index (χ2v) is 3.57. The smallest absolute Gasteiger partial charge is 0.170 e. The number of rotatable bonds is 5. The minimum absolute atomic E-state index is 0.0804. The molecular weight excluding hydrogens is 166 g/mol. The molecule has 1 aliphatic heterocycles. The molecule has 2 atom stereocenters. The highest BCUT2D eigenvalue weighted by Crippen LogP contribution is 2.31. The van der Waals surface area contributed by atoms with E-state index in [1.54, 1.807) is 0 Å². The quantitative estimate of drug-likeness (QED) is 0.712. The lowest BCUT2D eigenvalue weighted by molar-refractivity contribution is -0.177. The van der Waals surface area contributed by atoms with Gasteiger partial charge in [0.2, 0.25) is 0 Å². The van der Waals surface area contributed by atoms with Gasteiger partial charge < -0.3 is 9.47 Å². The van der Waals surface area contributed by atoms with Crippen molar-refractivity contribution in [3.8, 4) is 0 Å². The maximum Gasteiger partial charge on any atom is 0.170 e. The molecule has 1 saturated heterocycles. The topological polar surface area (TPSA) is 30.5 Å². The number of hydrogen-bond acceptors (Lipinski definition) is 3. The number of nitrogens with one attached hydrogen (secondary N) is 1. The summed E-state index contributed by atoms with van der Waals surface area (Å²) >= 11 is 0. The van der Waals surface area contributed by atoms with Crippen molar-refractivity contribution in [3.63, 3.8) is 0 Å². The molecule has 1 heterocycles. The average molecular weight is 187 g/mol. The van der Waals surface area contributed by atoms with Crippen LogP contribution >= 0.6 is 0 Å². The Balaban J connectivity index is 2.42. The summed E-state index contributed by atoms with van der Waals surface area (Å²) in [6, 6.07) is 0. The van der Waals surface area contributed by atoms with E-state index in [1.165, 1.54) is 12.8 Å². The molecular formula is C10H21NO2. The maximum atomic E-state index is 5.82. The molecule has 2 unspecified atom stereocenters. The van der Waals surface area contributed by atoms with Crippen LogP contribution in [-0.4, -0.2) is 25.7 Å². The summed E-state index contributed by atoms with van der Waals surface area (Å²) in [4.78, 5) is 0. The highest BCUT2D eigenvalue weighted by Gasteiger charge is 2.38. The fraction of sp³-hybridized carbons (Fsp3) is 1.00. The molecule has 3 nitrogen and oxygen atoms in total. The maximum absolute atomic E-state index is 5.82. The standard InChI is InChI=1S/C10H21NO2/c1-4-6-7-10(5-2)12-8-9(11-3)13-10/h9,11H,4-8H2,1-3H3. The van der Waals surface area contributed by atoms with Crippen molar-refractivity contribution < 1.29 is 9.47 Å². The molecule has 0 bridgehead atoms. The first-order valence-corrected chi connectivity index (χ1v) is 5.25. The van der Waals surface area contributed by atoms with Crippen LogP contribution in [0, 0.1) is 0 Å². The summed E-state index contributed by atoms with van der Waals surface area (Å²) in [5, 5.41) is 3.08. The highest BCUT2D eigenvalue weighted by molar-refractivity contribution is 4.76. The van der Waals surface area contributed by atoms with Crippen molar-refractivity contribution in [2.75, 3.05) is 13.7 Å². The Morgan fingerprint density at radius 2 is 2.23 bits per heavy atom. The third kappa shape index (κ3) is 2.66. The van der Waals surface area contributed by atoms with Crippen molar-refractivity contribution in [1.29, 1.82) is 0 Å².